The Balaban J connectivity index is 1.37. The summed E-state index contributed by atoms with van der Waals surface area (Å²) in [5.74, 6) is 2.37. The van der Waals surface area contributed by atoms with Crippen molar-refractivity contribution in [3.63, 3.8) is 0 Å². The molecule has 3 heteroatoms. The maximum absolute atomic E-state index is 12.3. The van der Waals surface area contributed by atoms with Crippen LogP contribution < -0.4 is 10.6 Å². The van der Waals surface area contributed by atoms with Crippen molar-refractivity contribution in [2.45, 2.75) is 58.3 Å². The third kappa shape index (κ3) is 3.03. The second-order valence-electron chi connectivity index (χ2n) is 7.47. The Morgan fingerprint density at radius 3 is 2.75 bits per heavy atom. The van der Waals surface area contributed by atoms with Crippen LogP contribution in [0, 0.1) is 23.2 Å². The summed E-state index contributed by atoms with van der Waals surface area (Å²) in [4.78, 5) is 12.3. The zero-order chi connectivity index (χ0) is 14.0. The van der Waals surface area contributed by atoms with Crippen molar-refractivity contribution in [3.05, 3.63) is 0 Å². The maximum Gasteiger partial charge on any atom is 0.223 e. The standard InChI is InChI=1S/C17H30N2O/c1-13-4-2-3-5-14(13)6-9-19-16(20)15-12-17(15)7-10-18-11-8-17/h13-15,18H,2-12H2,1H3,(H,19,20). The third-order valence-electron chi connectivity index (χ3n) is 6.21. The van der Waals surface area contributed by atoms with E-state index >= 15 is 0 Å². The molecule has 1 aliphatic heterocycles. The summed E-state index contributed by atoms with van der Waals surface area (Å²) in [6.07, 6.45) is 10.3. The van der Waals surface area contributed by atoms with Gasteiger partial charge in [0.1, 0.15) is 0 Å². The van der Waals surface area contributed by atoms with Gasteiger partial charge in [0.15, 0.2) is 0 Å². The molecule has 0 aromatic carbocycles. The van der Waals surface area contributed by atoms with E-state index in [2.05, 4.69) is 17.6 Å². The number of amides is 1. The van der Waals surface area contributed by atoms with E-state index in [0.29, 0.717) is 17.2 Å². The number of rotatable bonds is 4. The Hall–Kier alpha value is -0.570. The van der Waals surface area contributed by atoms with Gasteiger partial charge in [0, 0.05) is 12.5 Å². The lowest BCUT2D eigenvalue weighted by Gasteiger charge is -2.28. The Morgan fingerprint density at radius 2 is 2.00 bits per heavy atom. The summed E-state index contributed by atoms with van der Waals surface area (Å²) in [5, 5.41) is 6.62. The van der Waals surface area contributed by atoms with Crippen LogP contribution in [0.15, 0.2) is 0 Å². The number of nitrogens with one attached hydrogen (secondary N) is 2. The summed E-state index contributed by atoms with van der Waals surface area (Å²) in [6.45, 7) is 5.49. The zero-order valence-corrected chi connectivity index (χ0v) is 12.9. The van der Waals surface area contributed by atoms with Gasteiger partial charge in [0.2, 0.25) is 5.91 Å². The molecule has 1 heterocycles. The van der Waals surface area contributed by atoms with Crippen molar-refractivity contribution in [1.82, 2.24) is 10.6 Å². The van der Waals surface area contributed by atoms with Gasteiger partial charge in [-0.1, -0.05) is 32.6 Å². The lowest BCUT2D eigenvalue weighted by atomic mass is 9.79. The first-order chi connectivity index (χ1) is 9.71. The van der Waals surface area contributed by atoms with Crippen LogP contribution in [0.4, 0.5) is 0 Å². The fourth-order valence-electron chi connectivity index (χ4n) is 4.52. The van der Waals surface area contributed by atoms with Gasteiger partial charge in [0.25, 0.3) is 0 Å². The van der Waals surface area contributed by atoms with E-state index in [-0.39, 0.29) is 0 Å². The van der Waals surface area contributed by atoms with Crippen LogP contribution in [0.5, 0.6) is 0 Å². The molecule has 2 saturated carbocycles. The Kier molecular flexibility index (Phi) is 4.34. The molecule has 3 unspecified atom stereocenters. The highest BCUT2D eigenvalue weighted by atomic mass is 16.2. The minimum atomic E-state index is 0.327. The van der Waals surface area contributed by atoms with Crippen molar-refractivity contribution >= 4 is 5.91 Å². The van der Waals surface area contributed by atoms with Crippen molar-refractivity contribution in [3.8, 4) is 0 Å². The van der Waals surface area contributed by atoms with E-state index in [1.165, 1.54) is 44.9 Å². The Labute approximate surface area is 123 Å². The lowest BCUT2D eigenvalue weighted by Crippen LogP contribution is -2.34. The maximum atomic E-state index is 12.3. The fourth-order valence-corrected chi connectivity index (χ4v) is 4.52. The third-order valence-corrected chi connectivity index (χ3v) is 6.21. The molecule has 2 N–H and O–H groups in total. The van der Waals surface area contributed by atoms with Gasteiger partial charge in [-0.15, -0.1) is 0 Å². The zero-order valence-electron chi connectivity index (χ0n) is 12.9. The monoisotopic (exact) mass is 278 g/mol. The molecular formula is C17H30N2O. The van der Waals surface area contributed by atoms with Crippen LogP contribution in [0.25, 0.3) is 0 Å². The van der Waals surface area contributed by atoms with Crippen LogP contribution >= 0.6 is 0 Å². The average Bonchev–Trinajstić information content (AvgIpc) is 3.15. The summed E-state index contributed by atoms with van der Waals surface area (Å²) >= 11 is 0. The van der Waals surface area contributed by atoms with Gasteiger partial charge in [-0.05, 0) is 56.0 Å². The highest BCUT2D eigenvalue weighted by molar-refractivity contribution is 5.82. The first-order valence-electron chi connectivity index (χ1n) is 8.70. The average molecular weight is 278 g/mol. The van der Waals surface area contributed by atoms with Gasteiger partial charge in [-0.25, -0.2) is 0 Å². The van der Waals surface area contributed by atoms with E-state index in [1.807, 2.05) is 0 Å². The van der Waals surface area contributed by atoms with Crippen molar-refractivity contribution in [2.75, 3.05) is 19.6 Å². The molecule has 3 aliphatic rings. The first-order valence-corrected chi connectivity index (χ1v) is 8.70. The van der Waals surface area contributed by atoms with Crippen LogP contribution in [-0.2, 0) is 4.79 Å². The predicted molar refractivity (Wildman–Crippen MR) is 81.4 cm³/mol. The molecule has 0 radical (unpaired) electrons. The second kappa shape index (κ2) is 6.05. The number of piperidine rings is 1. The van der Waals surface area contributed by atoms with E-state index < -0.39 is 0 Å². The summed E-state index contributed by atoms with van der Waals surface area (Å²) < 4.78 is 0. The molecule has 3 fully saturated rings. The number of hydrogen-bond acceptors (Lipinski definition) is 2. The van der Waals surface area contributed by atoms with E-state index in [0.717, 1.165) is 37.9 Å². The highest BCUT2D eigenvalue weighted by Gasteiger charge is 2.57. The van der Waals surface area contributed by atoms with E-state index in [4.69, 9.17) is 0 Å². The van der Waals surface area contributed by atoms with Gasteiger partial charge >= 0.3 is 0 Å². The molecule has 114 valence electrons. The van der Waals surface area contributed by atoms with Gasteiger partial charge in [0.05, 0.1) is 0 Å². The quantitative estimate of drug-likeness (QED) is 0.830. The molecule has 20 heavy (non-hydrogen) atoms. The molecular weight excluding hydrogens is 248 g/mol. The van der Waals surface area contributed by atoms with Crippen LogP contribution in [-0.4, -0.2) is 25.5 Å². The minimum absolute atomic E-state index is 0.327. The van der Waals surface area contributed by atoms with E-state index in [9.17, 15) is 4.79 Å². The Bertz CT molecular complexity index is 349. The van der Waals surface area contributed by atoms with Crippen molar-refractivity contribution in [2.24, 2.45) is 23.2 Å². The highest BCUT2D eigenvalue weighted by Crippen LogP contribution is 2.58. The number of carbonyl (C=O) groups is 1. The first kappa shape index (κ1) is 14.4. The predicted octanol–water partition coefficient (Wildman–Crippen LogP) is 2.71. The van der Waals surface area contributed by atoms with Gasteiger partial charge in [-0.2, -0.15) is 0 Å². The SMILES string of the molecule is CC1CCCCC1CCNC(=O)C1CC12CCNCC2. The number of hydrogen-bond donors (Lipinski definition) is 2. The second-order valence-corrected chi connectivity index (χ2v) is 7.47. The molecule has 3 atom stereocenters. The van der Waals surface area contributed by atoms with Crippen LogP contribution in [0.2, 0.25) is 0 Å². The smallest absolute Gasteiger partial charge is 0.223 e. The molecule has 3 nitrogen and oxygen atoms in total. The fraction of sp³-hybridized carbons (Fsp3) is 0.941. The minimum Gasteiger partial charge on any atom is -0.356 e. The Morgan fingerprint density at radius 1 is 1.25 bits per heavy atom. The molecule has 3 rings (SSSR count). The molecule has 1 spiro atoms. The molecule has 1 amide bonds. The van der Waals surface area contributed by atoms with E-state index in [1.54, 1.807) is 0 Å². The number of carbonyl (C=O) groups excluding carboxylic acids is 1. The van der Waals surface area contributed by atoms with Gasteiger partial charge in [-0.3, -0.25) is 4.79 Å². The summed E-state index contributed by atoms with van der Waals surface area (Å²) in [7, 11) is 0. The molecule has 1 saturated heterocycles. The van der Waals surface area contributed by atoms with Gasteiger partial charge < -0.3 is 10.6 Å². The summed E-state index contributed by atoms with van der Waals surface area (Å²) in [6, 6.07) is 0. The van der Waals surface area contributed by atoms with Crippen molar-refractivity contribution < 1.29 is 4.79 Å². The molecule has 0 aromatic rings. The molecule has 0 bridgehead atoms. The molecule has 2 aliphatic carbocycles. The normalized spacial score (nSPS) is 35.8. The van der Waals surface area contributed by atoms with Crippen LogP contribution in [0.1, 0.15) is 58.3 Å². The summed E-state index contributed by atoms with van der Waals surface area (Å²) in [5.41, 5.74) is 0.382. The van der Waals surface area contributed by atoms with Crippen LogP contribution in [0.3, 0.4) is 0 Å². The largest absolute Gasteiger partial charge is 0.356 e. The van der Waals surface area contributed by atoms with Crippen molar-refractivity contribution in [1.29, 1.82) is 0 Å². The topological polar surface area (TPSA) is 41.1 Å². The lowest BCUT2D eigenvalue weighted by molar-refractivity contribution is -0.123. The molecule has 0 aromatic heterocycles.